The lowest BCUT2D eigenvalue weighted by molar-refractivity contribution is -0.143. The fraction of sp³-hybridized carbons (Fsp3) is 0.900. The van der Waals surface area contributed by atoms with Crippen LogP contribution in [0.1, 0.15) is 45.4 Å². The minimum Gasteiger partial charge on any atom is -0.466 e. The lowest BCUT2D eigenvalue weighted by Gasteiger charge is -2.03. The highest BCUT2D eigenvalue weighted by molar-refractivity contribution is 5.69. The van der Waals surface area contributed by atoms with Crippen LogP contribution >= 0.6 is 0 Å². The summed E-state index contributed by atoms with van der Waals surface area (Å²) < 4.78 is 4.95. The van der Waals surface area contributed by atoms with E-state index in [-0.39, 0.29) is 12.5 Å². The SMILES string of the molecule is CCCCCCOC(=O)CCCN=O. The van der Waals surface area contributed by atoms with Gasteiger partial charge in [0, 0.05) is 6.42 Å². The van der Waals surface area contributed by atoms with E-state index >= 15 is 0 Å². The molecular weight excluding hydrogens is 182 g/mol. The van der Waals surface area contributed by atoms with Gasteiger partial charge in [0.25, 0.3) is 0 Å². The number of hydrogen-bond donors (Lipinski definition) is 0. The summed E-state index contributed by atoms with van der Waals surface area (Å²) in [5.41, 5.74) is 0. The Morgan fingerprint density at radius 2 is 2.00 bits per heavy atom. The summed E-state index contributed by atoms with van der Waals surface area (Å²) in [5.74, 6) is -0.217. The van der Waals surface area contributed by atoms with Gasteiger partial charge in [-0.3, -0.25) is 4.79 Å². The van der Waals surface area contributed by atoms with Crippen LogP contribution in [0.3, 0.4) is 0 Å². The van der Waals surface area contributed by atoms with Gasteiger partial charge in [-0.05, 0) is 12.8 Å². The molecule has 0 N–H and O–H groups in total. The number of nitroso groups, excluding NO2 is 1. The number of nitrogens with zero attached hydrogens (tertiary/aromatic N) is 1. The third-order valence-electron chi connectivity index (χ3n) is 1.89. The number of rotatable bonds is 9. The number of carbonyl (C=O) groups excluding carboxylic acids is 1. The highest BCUT2D eigenvalue weighted by Gasteiger charge is 2.01. The molecule has 0 aliphatic heterocycles. The van der Waals surface area contributed by atoms with Gasteiger partial charge in [0.15, 0.2) is 0 Å². The zero-order chi connectivity index (χ0) is 10.6. The van der Waals surface area contributed by atoms with Crippen LogP contribution in [0.25, 0.3) is 0 Å². The summed E-state index contributed by atoms with van der Waals surface area (Å²) in [4.78, 5) is 20.7. The first-order valence-corrected chi connectivity index (χ1v) is 5.26. The number of esters is 1. The van der Waals surface area contributed by atoms with Crippen molar-refractivity contribution in [3.63, 3.8) is 0 Å². The molecule has 0 bridgehead atoms. The summed E-state index contributed by atoms with van der Waals surface area (Å²) >= 11 is 0. The molecule has 0 atom stereocenters. The van der Waals surface area contributed by atoms with Crippen LogP contribution in [0, 0.1) is 4.91 Å². The van der Waals surface area contributed by atoms with Gasteiger partial charge in [0.1, 0.15) is 0 Å². The van der Waals surface area contributed by atoms with Gasteiger partial charge in [0.05, 0.1) is 13.2 Å². The molecule has 4 nitrogen and oxygen atoms in total. The maximum absolute atomic E-state index is 11.0. The van der Waals surface area contributed by atoms with Crippen LogP contribution in [0.4, 0.5) is 0 Å². The highest BCUT2D eigenvalue weighted by Crippen LogP contribution is 2.00. The largest absolute Gasteiger partial charge is 0.466 e. The van der Waals surface area contributed by atoms with Gasteiger partial charge >= 0.3 is 5.97 Å². The second kappa shape index (κ2) is 10.2. The summed E-state index contributed by atoms with van der Waals surface area (Å²) in [6.45, 7) is 2.84. The fourth-order valence-electron chi connectivity index (χ4n) is 1.07. The molecular formula is C10H19NO3. The molecule has 4 heteroatoms. The van der Waals surface area contributed by atoms with Crippen molar-refractivity contribution in [2.24, 2.45) is 5.18 Å². The van der Waals surface area contributed by atoms with Gasteiger partial charge in [-0.2, -0.15) is 4.91 Å². The first kappa shape index (κ1) is 13.1. The van der Waals surface area contributed by atoms with Crippen molar-refractivity contribution in [2.45, 2.75) is 45.4 Å². The molecule has 0 unspecified atom stereocenters. The van der Waals surface area contributed by atoms with Crippen LogP contribution in [-0.4, -0.2) is 19.1 Å². The van der Waals surface area contributed by atoms with Crippen LogP contribution in [0.15, 0.2) is 5.18 Å². The zero-order valence-corrected chi connectivity index (χ0v) is 8.83. The Balaban J connectivity index is 3.14. The number of ether oxygens (including phenoxy) is 1. The van der Waals surface area contributed by atoms with Crippen molar-refractivity contribution < 1.29 is 9.53 Å². The van der Waals surface area contributed by atoms with Gasteiger partial charge in [-0.15, -0.1) is 0 Å². The monoisotopic (exact) mass is 201 g/mol. The van der Waals surface area contributed by atoms with Crippen LogP contribution in [0.2, 0.25) is 0 Å². The molecule has 0 aliphatic rings. The van der Waals surface area contributed by atoms with Gasteiger partial charge < -0.3 is 4.74 Å². The van der Waals surface area contributed by atoms with E-state index < -0.39 is 0 Å². The van der Waals surface area contributed by atoms with Crippen molar-refractivity contribution in [1.82, 2.24) is 0 Å². The minimum atomic E-state index is -0.217. The molecule has 0 aromatic heterocycles. The Bertz CT molecular complexity index is 159. The maximum atomic E-state index is 11.0. The van der Waals surface area contributed by atoms with Crippen LogP contribution in [-0.2, 0) is 9.53 Å². The fourth-order valence-corrected chi connectivity index (χ4v) is 1.07. The predicted molar refractivity (Wildman–Crippen MR) is 55.0 cm³/mol. The zero-order valence-electron chi connectivity index (χ0n) is 8.83. The standard InChI is InChI=1S/C10H19NO3/c1-2-3-4-5-9-14-10(12)7-6-8-11-13/h2-9H2,1H3. The summed E-state index contributed by atoms with van der Waals surface area (Å²) in [7, 11) is 0. The van der Waals surface area contributed by atoms with Crippen LogP contribution < -0.4 is 0 Å². The third-order valence-corrected chi connectivity index (χ3v) is 1.89. The smallest absolute Gasteiger partial charge is 0.305 e. The Morgan fingerprint density at radius 3 is 2.64 bits per heavy atom. The van der Waals surface area contributed by atoms with E-state index in [4.69, 9.17) is 4.74 Å². The van der Waals surface area contributed by atoms with Crippen molar-refractivity contribution in [3.05, 3.63) is 4.91 Å². The van der Waals surface area contributed by atoms with Gasteiger partial charge in [-0.1, -0.05) is 31.4 Å². The molecule has 0 rings (SSSR count). The summed E-state index contributed by atoms with van der Waals surface area (Å²) in [5, 5.41) is 2.67. The van der Waals surface area contributed by atoms with Crippen molar-refractivity contribution in [2.75, 3.05) is 13.2 Å². The third kappa shape index (κ3) is 9.16. The Kier molecular flexibility index (Phi) is 9.48. The maximum Gasteiger partial charge on any atom is 0.305 e. The average molecular weight is 201 g/mol. The normalized spacial score (nSPS) is 9.79. The second-order valence-corrected chi connectivity index (χ2v) is 3.24. The molecule has 0 aromatic rings. The van der Waals surface area contributed by atoms with Gasteiger partial charge in [0.2, 0.25) is 0 Å². The van der Waals surface area contributed by atoms with Crippen molar-refractivity contribution in [3.8, 4) is 0 Å². The number of hydrogen-bond acceptors (Lipinski definition) is 4. The average Bonchev–Trinajstić information content (AvgIpc) is 2.18. The number of carbonyl (C=O) groups is 1. The van der Waals surface area contributed by atoms with E-state index in [1.54, 1.807) is 0 Å². The van der Waals surface area contributed by atoms with E-state index in [2.05, 4.69) is 12.1 Å². The molecule has 0 aliphatic carbocycles. The molecule has 82 valence electrons. The quantitative estimate of drug-likeness (QED) is 0.327. The Labute approximate surface area is 85.0 Å². The molecule has 0 spiro atoms. The summed E-state index contributed by atoms with van der Waals surface area (Å²) in [6.07, 6.45) is 5.22. The molecule has 0 aromatic carbocycles. The van der Waals surface area contributed by atoms with Gasteiger partial charge in [-0.25, -0.2) is 0 Å². The van der Waals surface area contributed by atoms with Crippen molar-refractivity contribution >= 4 is 5.97 Å². The van der Waals surface area contributed by atoms with E-state index in [1.807, 2.05) is 0 Å². The molecule has 0 saturated heterocycles. The topological polar surface area (TPSA) is 55.7 Å². The first-order valence-electron chi connectivity index (χ1n) is 5.26. The Morgan fingerprint density at radius 1 is 1.21 bits per heavy atom. The molecule has 14 heavy (non-hydrogen) atoms. The molecule has 0 heterocycles. The lowest BCUT2D eigenvalue weighted by Crippen LogP contribution is -2.06. The minimum absolute atomic E-state index is 0.199. The van der Waals surface area contributed by atoms with E-state index in [0.717, 1.165) is 12.8 Å². The van der Waals surface area contributed by atoms with E-state index in [9.17, 15) is 9.70 Å². The van der Waals surface area contributed by atoms with E-state index in [0.29, 0.717) is 19.4 Å². The number of unbranched alkanes of at least 4 members (excludes halogenated alkanes) is 3. The first-order chi connectivity index (χ1) is 6.81. The molecule has 0 saturated carbocycles. The molecule has 0 radical (unpaired) electrons. The van der Waals surface area contributed by atoms with E-state index in [1.165, 1.54) is 12.8 Å². The lowest BCUT2D eigenvalue weighted by atomic mass is 10.2. The molecule has 0 amide bonds. The molecule has 0 fully saturated rings. The van der Waals surface area contributed by atoms with Crippen molar-refractivity contribution in [1.29, 1.82) is 0 Å². The van der Waals surface area contributed by atoms with Crippen LogP contribution in [0.5, 0.6) is 0 Å². The second-order valence-electron chi connectivity index (χ2n) is 3.24. The highest BCUT2D eigenvalue weighted by atomic mass is 16.5. The predicted octanol–water partition coefficient (Wildman–Crippen LogP) is 2.66. The summed E-state index contributed by atoms with van der Waals surface area (Å²) in [6, 6.07) is 0. The Hall–Kier alpha value is -0.930.